The van der Waals surface area contributed by atoms with Gasteiger partial charge >= 0.3 is 0 Å². The Labute approximate surface area is 96.2 Å². The molecule has 0 amide bonds. The lowest BCUT2D eigenvalue weighted by molar-refractivity contribution is 0.0154. The molecule has 1 aliphatic heterocycles. The molecule has 1 aliphatic rings. The normalized spacial score (nSPS) is 18.5. The van der Waals surface area contributed by atoms with Crippen molar-refractivity contribution in [1.82, 2.24) is 14.7 Å². The lowest BCUT2D eigenvalue weighted by atomic mass is 9.98. The molecule has 0 radical (unpaired) electrons. The molecule has 2 rings (SSSR count). The average molecular weight is 221 g/mol. The van der Waals surface area contributed by atoms with Crippen molar-refractivity contribution in [3.63, 3.8) is 0 Å². The third kappa shape index (κ3) is 2.02. The van der Waals surface area contributed by atoms with E-state index in [-0.39, 0.29) is 11.3 Å². The molecule has 1 saturated heterocycles. The number of rotatable bonds is 2. The molecule has 0 atom stereocenters. The Morgan fingerprint density at radius 2 is 2.06 bits per heavy atom. The standard InChI is InChI=1S/C12H19N3O/c1-9(16)10-5-13-15(6-10)11-7-14(8-11)12(2,3)4/h5-6,11H,7-8H2,1-4H3. The summed E-state index contributed by atoms with van der Waals surface area (Å²) in [4.78, 5) is 13.6. The molecule has 88 valence electrons. The van der Waals surface area contributed by atoms with Gasteiger partial charge in [0.2, 0.25) is 0 Å². The first-order valence-corrected chi connectivity index (χ1v) is 5.68. The van der Waals surface area contributed by atoms with Gasteiger partial charge in [-0.2, -0.15) is 5.10 Å². The maximum Gasteiger partial charge on any atom is 0.162 e. The monoisotopic (exact) mass is 221 g/mol. The van der Waals surface area contributed by atoms with Crippen molar-refractivity contribution in [2.45, 2.75) is 39.3 Å². The summed E-state index contributed by atoms with van der Waals surface area (Å²) in [5.74, 6) is 0.0817. The molecule has 0 bridgehead atoms. The van der Waals surface area contributed by atoms with Gasteiger partial charge in [-0.3, -0.25) is 14.4 Å². The highest BCUT2D eigenvalue weighted by atomic mass is 16.1. The molecule has 0 saturated carbocycles. The maximum absolute atomic E-state index is 11.1. The number of likely N-dealkylation sites (tertiary alicyclic amines) is 1. The second kappa shape index (κ2) is 3.70. The number of carbonyl (C=O) groups excluding carboxylic acids is 1. The third-order valence-corrected chi connectivity index (χ3v) is 3.19. The number of aromatic nitrogens is 2. The molecule has 4 heteroatoms. The van der Waals surface area contributed by atoms with Crippen LogP contribution in [0.25, 0.3) is 0 Å². The van der Waals surface area contributed by atoms with Crippen LogP contribution in [0, 0.1) is 0 Å². The molecular weight excluding hydrogens is 202 g/mol. The van der Waals surface area contributed by atoms with E-state index < -0.39 is 0 Å². The van der Waals surface area contributed by atoms with Crippen molar-refractivity contribution in [2.24, 2.45) is 0 Å². The first kappa shape index (κ1) is 11.3. The number of hydrogen-bond acceptors (Lipinski definition) is 3. The van der Waals surface area contributed by atoms with Crippen LogP contribution in [-0.4, -0.2) is 39.1 Å². The Hall–Kier alpha value is -1.16. The molecule has 1 aromatic rings. The molecule has 2 heterocycles. The smallest absolute Gasteiger partial charge is 0.162 e. The van der Waals surface area contributed by atoms with Gasteiger partial charge in [0.05, 0.1) is 17.8 Å². The van der Waals surface area contributed by atoms with Crippen LogP contribution < -0.4 is 0 Å². The minimum Gasteiger partial charge on any atom is -0.294 e. The highest BCUT2D eigenvalue weighted by Crippen LogP contribution is 2.28. The van der Waals surface area contributed by atoms with Gasteiger partial charge in [-0.15, -0.1) is 0 Å². The summed E-state index contributed by atoms with van der Waals surface area (Å²) in [6.45, 7) is 10.3. The third-order valence-electron chi connectivity index (χ3n) is 3.19. The number of nitrogens with zero attached hydrogens (tertiary/aromatic N) is 3. The summed E-state index contributed by atoms with van der Waals surface area (Å²) in [7, 11) is 0. The van der Waals surface area contributed by atoms with E-state index in [4.69, 9.17) is 0 Å². The summed E-state index contributed by atoms with van der Waals surface area (Å²) < 4.78 is 1.92. The van der Waals surface area contributed by atoms with Gasteiger partial charge in [-0.05, 0) is 27.7 Å². The Kier molecular flexibility index (Phi) is 2.62. The largest absolute Gasteiger partial charge is 0.294 e. The second-order valence-electron chi connectivity index (χ2n) is 5.49. The highest BCUT2D eigenvalue weighted by Gasteiger charge is 2.35. The fourth-order valence-electron chi connectivity index (χ4n) is 1.89. The summed E-state index contributed by atoms with van der Waals surface area (Å²) in [5.41, 5.74) is 0.932. The zero-order valence-corrected chi connectivity index (χ0v) is 10.4. The van der Waals surface area contributed by atoms with Crippen LogP contribution in [0.5, 0.6) is 0 Å². The lowest BCUT2D eigenvalue weighted by Gasteiger charge is -2.47. The maximum atomic E-state index is 11.1. The van der Waals surface area contributed by atoms with Crippen molar-refractivity contribution in [1.29, 1.82) is 0 Å². The quantitative estimate of drug-likeness (QED) is 0.714. The fourth-order valence-corrected chi connectivity index (χ4v) is 1.89. The van der Waals surface area contributed by atoms with E-state index in [1.807, 2.05) is 10.9 Å². The summed E-state index contributed by atoms with van der Waals surface area (Å²) in [6.07, 6.45) is 3.51. The van der Waals surface area contributed by atoms with Crippen molar-refractivity contribution < 1.29 is 4.79 Å². The summed E-state index contributed by atoms with van der Waals surface area (Å²) >= 11 is 0. The van der Waals surface area contributed by atoms with Crippen LogP contribution in [0.15, 0.2) is 12.4 Å². The van der Waals surface area contributed by atoms with Crippen LogP contribution in [0.1, 0.15) is 44.1 Å². The molecule has 0 aliphatic carbocycles. The minimum atomic E-state index is 0.0817. The van der Waals surface area contributed by atoms with E-state index in [1.165, 1.54) is 0 Å². The second-order valence-corrected chi connectivity index (χ2v) is 5.49. The predicted molar refractivity (Wildman–Crippen MR) is 62.6 cm³/mol. The number of ketones is 1. The first-order chi connectivity index (χ1) is 7.38. The predicted octanol–water partition coefficient (Wildman–Crippen LogP) is 1.74. The summed E-state index contributed by atoms with van der Waals surface area (Å²) in [5, 5.41) is 4.25. The molecule has 0 spiro atoms. The number of carbonyl (C=O) groups is 1. The van der Waals surface area contributed by atoms with E-state index in [2.05, 4.69) is 30.8 Å². The van der Waals surface area contributed by atoms with Crippen molar-refractivity contribution in [2.75, 3.05) is 13.1 Å². The SMILES string of the molecule is CC(=O)c1cnn(C2CN(C(C)(C)C)C2)c1. The minimum absolute atomic E-state index is 0.0817. The summed E-state index contributed by atoms with van der Waals surface area (Å²) in [6, 6.07) is 0.423. The molecule has 16 heavy (non-hydrogen) atoms. The molecule has 0 unspecified atom stereocenters. The molecule has 1 aromatic heterocycles. The highest BCUT2D eigenvalue weighted by molar-refractivity contribution is 5.93. The Morgan fingerprint density at radius 1 is 1.44 bits per heavy atom. The Morgan fingerprint density at radius 3 is 2.50 bits per heavy atom. The molecule has 4 nitrogen and oxygen atoms in total. The van der Waals surface area contributed by atoms with E-state index in [9.17, 15) is 4.79 Å². The number of hydrogen-bond donors (Lipinski definition) is 0. The Bertz CT molecular complexity index is 397. The van der Waals surface area contributed by atoms with Crippen molar-refractivity contribution in [3.05, 3.63) is 18.0 Å². The van der Waals surface area contributed by atoms with Gasteiger partial charge in [-0.25, -0.2) is 0 Å². The lowest BCUT2D eigenvalue weighted by Crippen LogP contribution is -2.56. The van der Waals surface area contributed by atoms with E-state index in [0.29, 0.717) is 11.6 Å². The van der Waals surface area contributed by atoms with Gasteiger partial charge in [0.25, 0.3) is 0 Å². The fraction of sp³-hybridized carbons (Fsp3) is 0.667. The van der Waals surface area contributed by atoms with Crippen LogP contribution in [0.2, 0.25) is 0 Å². The van der Waals surface area contributed by atoms with E-state index in [1.54, 1.807) is 13.1 Å². The molecular formula is C12H19N3O. The molecule has 0 aromatic carbocycles. The van der Waals surface area contributed by atoms with E-state index in [0.717, 1.165) is 13.1 Å². The zero-order valence-electron chi connectivity index (χ0n) is 10.4. The average Bonchev–Trinajstić information content (AvgIpc) is 2.46. The zero-order chi connectivity index (χ0) is 11.9. The van der Waals surface area contributed by atoms with Crippen LogP contribution in [0.3, 0.4) is 0 Å². The van der Waals surface area contributed by atoms with Gasteiger partial charge in [0, 0.05) is 24.8 Å². The van der Waals surface area contributed by atoms with Gasteiger partial charge < -0.3 is 0 Å². The van der Waals surface area contributed by atoms with Crippen molar-refractivity contribution in [3.8, 4) is 0 Å². The number of Topliss-reactive ketones (excluding diaryl/α,β-unsaturated/α-hetero) is 1. The first-order valence-electron chi connectivity index (χ1n) is 5.68. The van der Waals surface area contributed by atoms with Crippen LogP contribution >= 0.6 is 0 Å². The Balaban J connectivity index is 1.99. The van der Waals surface area contributed by atoms with Gasteiger partial charge in [0.1, 0.15) is 0 Å². The van der Waals surface area contributed by atoms with Crippen molar-refractivity contribution >= 4 is 5.78 Å². The topological polar surface area (TPSA) is 38.1 Å². The van der Waals surface area contributed by atoms with E-state index >= 15 is 0 Å². The molecule has 1 fully saturated rings. The van der Waals surface area contributed by atoms with Gasteiger partial charge in [0.15, 0.2) is 5.78 Å². The van der Waals surface area contributed by atoms with Crippen LogP contribution in [0.4, 0.5) is 0 Å². The van der Waals surface area contributed by atoms with Crippen LogP contribution in [-0.2, 0) is 0 Å². The molecule has 0 N–H and O–H groups in total. The van der Waals surface area contributed by atoms with Gasteiger partial charge in [-0.1, -0.05) is 0 Å².